The second-order valence-electron chi connectivity index (χ2n) is 15.9. The molecule has 1 aliphatic rings. The van der Waals surface area contributed by atoms with Crippen LogP contribution in [0, 0.1) is 0 Å². The van der Waals surface area contributed by atoms with Gasteiger partial charge >= 0.3 is 171 Å². The third-order valence-electron chi connectivity index (χ3n) is 7.66. The number of benzene rings is 1. The summed E-state index contributed by atoms with van der Waals surface area (Å²) in [4.78, 5) is 6.10. The number of hydrogen-bond donors (Lipinski definition) is 0. The Bertz CT molecular complexity index is 1710. The Labute approximate surface area is 316 Å². The third-order valence-corrected chi connectivity index (χ3v) is 39.5. The van der Waals surface area contributed by atoms with E-state index in [9.17, 15) is 0 Å². The van der Waals surface area contributed by atoms with Crippen molar-refractivity contribution < 1.29 is 0 Å². The average molecular weight is 1060 g/mol. The molecule has 5 aromatic rings. The Hall–Kier alpha value is 0.731. The van der Waals surface area contributed by atoms with Gasteiger partial charge in [0.15, 0.2) is 0 Å². The summed E-state index contributed by atoms with van der Waals surface area (Å²) in [5.74, 6) is 0. The molecule has 1 aliphatic heterocycles. The van der Waals surface area contributed by atoms with Crippen molar-refractivity contribution >= 4 is 159 Å². The molecule has 0 amide bonds. The minimum atomic E-state index is -2.07. The largest absolute Gasteiger partial charge is 0.143 e. The van der Waals surface area contributed by atoms with Gasteiger partial charge in [-0.25, -0.2) is 0 Å². The Balaban J connectivity index is 0.000000183. The van der Waals surface area contributed by atoms with E-state index in [0.717, 1.165) is 0 Å². The van der Waals surface area contributed by atoms with Crippen molar-refractivity contribution in [2.45, 2.75) is 78.6 Å². The topological polar surface area (TPSA) is 0 Å². The standard InChI is InChI=1S/C14H20Br2S2Si2.C14H20S2Si2.C6H5.Bi/c1-19(2,3)11-7-9(15)13(17-11)14-10(16)8-12(18-14)20(4,5)6;1-17(2,3)13-9-7-11(15-13)12-8-10-14(16-12)18(4,5)6;1-2-4-6-5-3-1;/h7-8H,1-6H3;9-10H,1-6H3;1-5H;. The van der Waals surface area contributed by atoms with E-state index in [-0.39, 0.29) is 0 Å². The first kappa shape index (κ1) is 37.0. The second kappa shape index (κ2) is 13.5. The molecule has 0 unspecified atom stereocenters. The Morgan fingerprint density at radius 2 is 0.756 bits per heavy atom. The van der Waals surface area contributed by atoms with Gasteiger partial charge < -0.3 is 0 Å². The molecule has 45 heavy (non-hydrogen) atoms. The van der Waals surface area contributed by atoms with E-state index < -0.39 is 54.0 Å². The summed E-state index contributed by atoms with van der Waals surface area (Å²) in [5, 5.41) is 0. The van der Waals surface area contributed by atoms with E-state index in [4.69, 9.17) is 0 Å². The maximum absolute atomic E-state index is 3.77. The van der Waals surface area contributed by atoms with Gasteiger partial charge in [0, 0.05) is 8.95 Å². The fourth-order valence-corrected chi connectivity index (χ4v) is 33.7. The number of halogens is 2. The molecule has 6 rings (SSSR count). The first-order chi connectivity index (χ1) is 20.7. The Kier molecular flexibility index (Phi) is 11.1. The minimum Gasteiger partial charge on any atom is -0.143 e. The van der Waals surface area contributed by atoms with Crippen LogP contribution in [0.1, 0.15) is 0 Å². The van der Waals surface area contributed by atoms with Gasteiger partial charge in [-0.3, -0.25) is 0 Å². The van der Waals surface area contributed by atoms with Crippen LogP contribution in [-0.2, 0) is 0 Å². The molecule has 0 radical (unpaired) electrons. The van der Waals surface area contributed by atoms with Gasteiger partial charge in [0.1, 0.15) is 0 Å². The predicted octanol–water partition coefficient (Wildman–Crippen LogP) is 9.49. The second-order valence-corrected chi connectivity index (χ2v) is 51.8. The molecule has 0 N–H and O–H groups in total. The van der Waals surface area contributed by atoms with Crippen molar-refractivity contribution in [3.63, 3.8) is 0 Å². The van der Waals surface area contributed by atoms with Gasteiger partial charge in [-0.15, -0.1) is 22.7 Å². The molecule has 0 aliphatic carbocycles. The molecule has 4 aromatic heterocycles. The Morgan fingerprint density at radius 3 is 1.07 bits per heavy atom. The number of hydrogen-bond acceptors (Lipinski definition) is 4. The van der Waals surface area contributed by atoms with Crippen molar-refractivity contribution in [2.24, 2.45) is 0 Å². The van der Waals surface area contributed by atoms with Gasteiger partial charge in [0.2, 0.25) is 0 Å². The molecule has 0 bridgehead atoms. The van der Waals surface area contributed by atoms with E-state index >= 15 is 0 Å². The molecule has 0 saturated carbocycles. The SMILES string of the molecule is C[Si](C)(C)c1c[c]2c(s1)-c1sc([Si](C)(C)C)c[c]1[Bi]2[c]1ccccc1.C[Si](C)(C)c1cc(Br)c(-c2sc([Si](C)(C)C)cc2Br)s1. The molecule has 0 nitrogen and oxygen atoms in total. The van der Waals surface area contributed by atoms with Crippen LogP contribution in [0.4, 0.5) is 0 Å². The number of thiophene rings is 4. The summed E-state index contributed by atoms with van der Waals surface area (Å²) in [6.45, 7) is 29.4. The fourth-order valence-electron chi connectivity index (χ4n) is 4.93. The summed E-state index contributed by atoms with van der Waals surface area (Å²) in [5.41, 5.74) is 0. The van der Waals surface area contributed by atoms with Crippen molar-refractivity contribution in [3.05, 3.63) is 63.5 Å². The molecule has 1 aromatic carbocycles. The molecular weight excluding hydrogens is 1020 g/mol. The van der Waals surface area contributed by atoms with Gasteiger partial charge in [-0.05, 0) is 53.0 Å². The van der Waals surface area contributed by atoms with Gasteiger partial charge in [-0.1, -0.05) is 39.3 Å². The minimum absolute atomic E-state index is 1.24. The van der Waals surface area contributed by atoms with Crippen LogP contribution in [0.3, 0.4) is 0 Å². The predicted molar refractivity (Wildman–Crippen MR) is 234 cm³/mol. The smallest absolute Gasteiger partial charge is 0.0904 e. The molecular formula is C34H45BiBr2S4Si4. The van der Waals surface area contributed by atoms with Crippen LogP contribution in [-0.4, -0.2) is 54.0 Å². The van der Waals surface area contributed by atoms with Crippen LogP contribution >= 0.6 is 77.2 Å². The van der Waals surface area contributed by atoms with E-state index in [1.165, 1.54) is 18.7 Å². The molecule has 240 valence electrons. The van der Waals surface area contributed by atoms with E-state index in [1.807, 2.05) is 22.7 Å². The van der Waals surface area contributed by atoms with Crippen LogP contribution in [0.15, 0.2) is 63.5 Å². The summed E-state index contributed by atoms with van der Waals surface area (Å²) < 4.78 is 14.2. The van der Waals surface area contributed by atoms with E-state index in [2.05, 4.69) is 188 Å². The first-order valence-corrected chi connectivity index (χ1v) is 39.5. The summed E-state index contributed by atoms with van der Waals surface area (Å²) >= 11 is 13.7. The normalized spacial score (nSPS) is 13.9. The maximum Gasteiger partial charge on any atom is 0.0904 e. The van der Waals surface area contributed by atoms with Gasteiger partial charge in [0.25, 0.3) is 0 Å². The molecule has 0 saturated heterocycles. The molecule has 0 spiro atoms. The third kappa shape index (κ3) is 8.05. The molecule has 5 heterocycles. The van der Waals surface area contributed by atoms with E-state index in [0.29, 0.717) is 0 Å². The summed E-state index contributed by atoms with van der Waals surface area (Å²) in [7, 11) is -4.96. The van der Waals surface area contributed by atoms with Crippen LogP contribution in [0.5, 0.6) is 0 Å². The molecule has 0 atom stereocenters. The molecule has 0 fully saturated rings. The summed E-state index contributed by atoms with van der Waals surface area (Å²) in [6.07, 6.45) is 0. The quantitative estimate of drug-likeness (QED) is 0.146. The first-order valence-electron chi connectivity index (χ1n) is 15.4. The van der Waals surface area contributed by atoms with Crippen LogP contribution < -0.4 is 27.8 Å². The number of rotatable bonds is 6. The van der Waals surface area contributed by atoms with Crippen molar-refractivity contribution in [3.8, 4) is 19.5 Å². The summed E-state index contributed by atoms with van der Waals surface area (Å²) in [6, 6.07) is 21.4. The monoisotopic (exact) mass is 1060 g/mol. The Morgan fingerprint density at radius 1 is 0.444 bits per heavy atom. The zero-order valence-corrected chi connectivity index (χ0v) is 42.4. The van der Waals surface area contributed by atoms with Crippen LogP contribution in [0.2, 0.25) is 78.6 Å². The van der Waals surface area contributed by atoms with Crippen LogP contribution in [0.25, 0.3) is 19.5 Å². The average Bonchev–Trinajstić information content (AvgIpc) is 3.69. The van der Waals surface area contributed by atoms with Crippen molar-refractivity contribution in [1.82, 2.24) is 0 Å². The zero-order valence-electron chi connectivity index (χ0n) is 28.5. The van der Waals surface area contributed by atoms with Crippen molar-refractivity contribution in [2.75, 3.05) is 0 Å². The zero-order chi connectivity index (χ0) is 33.3. The van der Waals surface area contributed by atoms with Gasteiger partial charge in [0.05, 0.1) is 25.9 Å². The van der Waals surface area contributed by atoms with Gasteiger partial charge in [-0.2, -0.15) is 0 Å². The van der Waals surface area contributed by atoms with E-state index in [1.54, 1.807) is 37.6 Å². The maximum atomic E-state index is 3.77. The van der Waals surface area contributed by atoms with Crippen molar-refractivity contribution in [1.29, 1.82) is 0 Å². The fraction of sp³-hybridized carbons (Fsp3) is 0.353. The molecule has 11 heteroatoms. The number of fused-ring (bicyclic) bond motifs is 3.